The molecule has 110 valence electrons. The molecule has 2 heterocycles. The van der Waals surface area contributed by atoms with Crippen LogP contribution in [0.15, 0.2) is 6.07 Å². The molecule has 1 fully saturated rings. The molecular weight excluding hydrogens is 268 g/mol. The first kappa shape index (κ1) is 15.2. The fourth-order valence-electron chi connectivity index (χ4n) is 2.90. The summed E-state index contributed by atoms with van der Waals surface area (Å²) < 4.78 is 0. The molecule has 20 heavy (non-hydrogen) atoms. The first-order valence-corrected chi connectivity index (χ1v) is 7.66. The average molecular weight is 292 g/mol. The highest BCUT2D eigenvalue weighted by molar-refractivity contribution is 7.80. The predicted molar refractivity (Wildman–Crippen MR) is 88.3 cm³/mol. The Bertz CT molecular complexity index is 501. The van der Waals surface area contributed by atoms with Crippen LogP contribution in [0.1, 0.15) is 30.3 Å². The Morgan fingerprint density at radius 3 is 2.90 bits per heavy atom. The van der Waals surface area contributed by atoms with Gasteiger partial charge in [-0.05, 0) is 45.3 Å². The van der Waals surface area contributed by atoms with E-state index >= 15 is 0 Å². The van der Waals surface area contributed by atoms with Crippen molar-refractivity contribution in [3.05, 3.63) is 23.0 Å². The van der Waals surface area contributed by atoms with Crippen molar-refractivity contribution in [2.75, 3.05) is 31.5 Å². The Hall–Kier alpha value is -1.20. The Morgan fingerprint density at radius 1 is 1.55 bits per heavy atom. The molecule has 0 spiro atoms. The highest BCUT2D eigenvalue weighted by Gasteiger charge is 2.21. The van der Waals surface area contributed by atoms with Crippen LogP contribution >= 0.6 is 12.2 Å². The van der Waals surface area contributed by atoms with Gasteiger partial charge in [-0.25, -0.2) is 0 Å². The molecule has 0 radical (unpaired) electrons. The summed E-state index contributed by atoms with van der Waals surface area (Å²) >= 11 is 5.16. The Balaban J connectivity index is 2.07. The Morgan fingerprint density at radius 2 is 2.30 bits per heavy atom. The number of nitrogens with one attached hydrogen (secondary N) is 1. The predicted octanol–water partition coefficient (Wildman–Crippen LogP) is 2.09. The van der Waals surface area contributed by atoms with Crippen LogP contribution in [-0.4, -0.2) is 41.1 Å². The van der Waals surface area contributed by atoms with Crippen LogP contribution in [0.4, 0.5) is 5.69 Å². The minimum Gasteiger partial charge on any atom is -0.389 e. The second-order valence-electron chi connectivity index (χ2n) is 5.56. The molecule has 5 heteroatoms. The molecule has 1 aliphatic rings. The van der Waals surface area contributed by atoms with E-state index in [1.807, 2.05) is 19.9 Å². The minimum atomic E-state index is 0.416. The molecule has 0 amide bonds. The number of hydrogen-bond acceptors (Lipinski definition) is 4. The maximum Gasteiger partial charge on any atom is 0.107 e. The quantitative estimate of drug-likeness (QED) is 0.814. The lowest BCUT2D eigenvalue weighted by Crippen LogP contribution is -2.23. The number of rotatable bonds is 5. The SMILES string of the molecule is CCN1CCC(CNc2cc(C)nc(C)c2C(N)=S)C1. The number of aromatic nitrogens is 1. The third kappa shape index (κ3) is 3.46. The van der Waals surface area contributed by atoms with Gasteiger partial charge in [0.2, 0.25) is 0 Å². The van der Waals surface area contributed by atoms with E-state index in [9.17, 15) is 0 Å². The Labute approximate surface area is 126 Å². The number of aryl methyl sites for hydroxylation is 2. The number of nitrogens with two attached hydrogens (primary N) is 1. The number of pyridine rings is 1. The van der Waals surface area contributed by atoms with Crippen molar-refractivity contribution < 1.29 is 0 Å². The van der Waals surface area contributed by atoms with E-state index in [0.29, 0.717) is 10.9 Å². The number of hydrogen-bond donors (Lipinski definition) is 2. The van der Waals surface area contributed by atoms with Crippen molar-refractivity contribution in [3.8, 4) is 0 Å². The third-order valence-electron chi connectivity index (χ3n) is 3.97. The maximum absolute atomic E-state index is 5.84. The van der Waals surface area contributed by atoms with Gasteiger partial charge in [0.05, 0.1) is 5.56 Å². The lowest BCUT2D eigenvalue weighted by atomic mass is 10.1. The van der Waals surface area contributed by atoms with Crippen LogP contribution in [0.25, 0.3) is 0 Å². The molecule has 0 bridgehead atoms. The molecule has 0 aliphatic carbocycles. The molecule has 1 aromatic heterocycles. The van der Waals surface area contributed by atoms with Gasteiger partial charge in [-0.15, -0.1) is 0 Å². The molecule has 1 aromatic rings. The number of nitrogens with zero attached hydrogens (tertiary/aromatic N) is 2. The van der Waals surface area contributed by atoms with Gasteiger partial charge in [0.15, 0.2) is 0 Å². The fourth-order valence-corrected chi connectivity index (χ4v) is 3.16. The summed E-state index contributed by atoms with van der Waals surface area (Å²) in [5.41, 5.74) is 9.64. The monoisotopic (exact) mass is 292 g/mol. The number of likely N-dealkylation sites (tertiary alicyclic amines) is 1. The number of anilines is 1. The van der Waals surface area contributed by atoms with Gasteiger partial charge in [0.25, 0.3) is 0 Å². The van der Waals surface area contributed by atoms with Gasteiger partial charge in [0, 0.05) is 30.2 Å². The van der Waals surface area contributed by atoms with Gasteiger partial charge in [-0.1, -0.05) is 19.1 Å². The molecule has 2 rings (SSSR count). The number of thiocarbonyl (C=S) groups is 1. The first-order chi connectivity index (χ1) is 9.51. The fraction of sp³-hybridized carbons (Fsp3) is 0.600. The van der Waals surface area contributed by atoms with E-state index in [-0.39, 0.29) is 0 Å². The van der Waals surface area contributed by atoms with Gasteiger partial charge < -0.3 is 16.0 Å². The summed E-state index contributed by atoms with van der Waals surface area (Å²) in [7, 11) is 0. The van der Waals surface area contributed by atoms with E-state index in [1.165, 1.54) is 19.5 Å². The molecule has 0 aromatic carbocycles. The molecular formula is C15H24N4S. The molecule has 1 saturated heterocycles. The van der Waals surface area contributed by atoms with Crippen molar-refractivity contribution in [1.82, 2.24) is 9.88 Å². The molecule has 4 nitrogen and oxygen atoms in total. The zero-order chi connectivity index (χ0) is 14.7. The van der Waals surface area contributed by atoms with Crippen molar-refractivity contribution in [3.63, 3.8) is 0 Å². The standard InChI is InChI=1S/C15H24N4S/c1-4-19-6-5-12(9-19)8-17-13-7-10(2)18-11(3)14(13)15(16)20/h7,12H,4-6,8-9H2,1-3H3,(H2,16,20)(H,17,18). The average Bonchev–Trinajstić information content (AvgIpc) is 2.82. The van der Waals surface area contributed by atoms with E-state index in [2.05, 4.69) is 22.1 Å². The van der Waals surface area contributed by atoms with Crippen LogP contribution in [0.2, 0.25) is 0 Å². The summed E-state index contributed by atoms with van der Waals surface area (Å²) in [6, 6.07) is 2.04. The van der Waals surface area contributed by atoms with Gasteiger partial charge in [-0.2, -0.15) is 0 Å². The summed E-state index contributed by atoms with van der Waals surface area (Å²) in [5.74, 6) is 0.697. The highest BCUT2D eigenvalue weighted by Crippen LogP contribution is 2.22. The van der Waals surface area contributed by atoms with Crippen LogP contribution in [0.3, 0.4) is 0 Å². The van der Waals surface area contributed by atoms with Crippen molar-refractivity contribution in [2.45, 2.75) is 27.2 Å². The van der Waals surface area contributed by atoms with Crippen LogP contribution in [0, 0.1) is 19.8 Å². The van der Waals surface area contributed by atoms with Crippen molar-refractivity contribution >= 4 is 22.9 Å². The third-order valence-corrected chi connectivity index (χ3v) is 4.18. The molecule has 3 N–H and O–H groups in total. The van der Waals surface area contributed by atoms with Crippen LogP contribution in [-0.2, 0) is 0 Å². The van der Waals surface area contributed by atoms with Crippen molar-refractivity contribution in [2.24, 2.45) is 11.7 Å². The summed E-state index contributed by atoms with van der Waals surface area (Å²) in [6.07, 6.45) is 1.26. The minimum absolute atomic E-state index is 0.416. The lowest BCUT2D eigenvalue weighted by Gasteiger charge is -2.17. The first-order valence-electron chi connectivity index (χ1n) is 7.25. The van der Waals surface area contributed by atoms with Gasteiger partial charge in [0.1, 0.15) is 4.99 Å². The van der Waals surface area contributed by atoms with Crippen LogP contribution in [0.5, 0.6) is 0 Å². The second kappa shape index (κ2) is 6.50. The zero-order valence-electron chi connectivity index (χ0n) is 12.6. The van der Waals surface area contributed by atoms with E-state index < -0.39 is 0 Å². The second-order valence-corrected chi connectivity index (χ2v) is 6.00. The maximum atomic E-state index is 5.84. The smallest absolute Gasteiger partial charge is 0.107 e. The van der Waals surface area contributed by atoms with Gasteiger partial charge >= 0.3 is 0 Å². The lowest BCUT2D eigenvalue weighted by molar-refractivity contribution is 0.345. The van der Waals surface area contributed by atoms with E-state index in [4.69, 9.17) is 18.0 Å². The summed E-state index contributed by atoms with van der Waals surface area (Å²) in [6.45, 7) is 10.7. The topological polar surface area (TPSA) is 54.2 Å². The summed E-state index contributed by atoms with van der Waals surface area (Å²) in [5, 5.41) is 3.53. The molecule has 0 saturated carbocycles. The largest absolute Gasteiger partial charge is 0.389 e. The Kier molecular flexibility index (Phi) is 4.94. The zero-order valence-corrected chi connectivity index (χ0v) is 13.4. The molecule has 1 unspecified atom stereocenters. The normalized spacial score (nSPS) is 19.2. The van der Waals surface area contributed by atoms with E-state index in [1.54, 1.807) is 0 Å². The summed E-state index contributed by atoms with van der Waals surface area (Å²) in [4.78, 5) is 7.35. The van der Waals surface area contributed by atoms with E-state index in [0.717, 1.165) is 35.7 Å². The van der Waals surface area contributed by atoms with Crippen molar-refractivity contribution in [1.29, 1.82) is 0 Å². The molecule has 1 aliphatic heterocycles. The molecule has 1 atom stereocenters. The van der Waals surface area contributed by atoms with Gasteiger partial charge in [-0.3, -0.25) is 4.98 Å². The van der Waals surface area contributed by atoms with Crippen LogP contribution < -0.4 is 11.1 Å². The highest BCUT2D eigenvalue weighted by atomic mass is 32.1.